The number of carbonyl (C=O) groups is 2. The van der Waals surface area contributed by atoms with E-state index in [4.69, 9.17) is 0 Å². The average Bonchev–Trinajstić information content (AvgIpc) is 3.05. The van der Waals surface area contributed by atoms with Crippen LogP contribution in [-0.4, -0.2) is 37.0 Å². The second-order valence-corrected chi connectivity index (χ2v) is 6.91. The molecule has 2 fully saturated rings. The molecule has 2 amide bonds. The molecule has 1 saturated carbocycles. The number of rotatable bonds is 6. The zero-order valence-corrected chi connectivity index (χ0v) is 15.3. The van der Waals surface area contributed by atoms with Crippen LogP contribution in [0.5, 0.6) is 0 Å². The van der Waals surface area contributed by atoms with Crippen molar-refractivity contribution in [2.24, 2.45) is 5.92 Å². The van der Waals surface area contributed by atoms with E-state index in [-0.39, 0.29) is 36.8 Å². The van der Waals surface area contributed by atoms with Crippen molar-refractivity contribution in [1.82, 2.24) is 16.0 Å². The average molecular weight is 366 g/mol. The van der Waals surface area contributed by atoms with Gasteiger partial charge in [0.1, 0.15) is 0 Å². The summed E-state index contributed by atoms with van der Waals surface area (Å²) in [5.41, 5.74) is 1.19. The number of amides is 2. The quantitative estimate of drug-likeness (QED) is 0.720. The van der Waals surface area contributed by atoms with E-state index in [0.29, 0.717) is 18.5 Å². The van der Waals surface area contributed by atoms with Crippen LogP contribution in [0.3, 0.4) is 0 Å². The predicted molar refractivity (Wildman–Crippen MR) is 101 cm³/mol. The standard InChI is InChI=1S/C19H27N3O2.ClH/c23-18(20-11-10-14-6-2-1-3-7-14)13-21-19(24)17-12-15-8-4-5-9-16(15)22-17;/h1-3,6-7,15-17,22H,4-5,8-13H2,(H,20,23)(H,21,24);1H. The van der Waals surface area contributed by atoms with E-state index in [2.05, 4.69) is 16.0 Å². The molecule has 1 aliphatic carbocycles. The van der Waals surface area contributed by atoms with Gasteiger partial charge in [-0.1, -0.05) is 43.2 Å². The molecule has 3 unspecified atom stereocenters. The van der Waals surface area contributed by atoms with Crippen LogP contribution in [0.2, 0.25) is 0 Å². The Morgan fingerprint density at radius 1 is 1.08 bits per heavy atom. The van der Waals surface area contributed by atoms with E-state index in [1.165, 1.54) is 31.2 Å². The van der Waals surface area contributed by atoms with Crippen LogP contribution >= 0.6 is 12.4 Å². The number of carbonyl (C=O) groups excluding carboxylic acids is 2. The number of benzene rings is 1. The van der Waals surface area contributed by atoms with Crippen LogP contribution < -0.4 is 16.0 Å². The van der Waals surface area contributed by atoms with Gasteiger partial charge in [-0.2, -0.15) is 0 Å². The van der Waals surface area contributed by atoms with Crippen LogP contribution in [-0.2, 0) is 16.0 Å². The summed E-state index contributed by atoms with van der Waals surface area (Å²) in [5, 5.41) is 9.06. The van der Waals surface area contributed by atoms with Gasteiger partial charge in [0.15, 0.2) is 0 Å². The third kappa shape index (κ3) is 5.72. The van der Waals surface area contributed by atoms with Gasteiger partial charge in [-0.15, -0.1) is 12.4 Å². The lowest BCUT2D eigenvalue weighted by atomic mass is 9.85. The number of hydrogen-bond acceptors (Lipinski definition) is 3. The van der Waals surface area contributed by atoms with Crippen LogP contribution in [0, 0.1) is 5.92 Å². The fourth-order valence-electron chi connectivity index (χ4n) is 3.87. The minimum absolute atomic E-state index is 0. The maximum atomic E-state index is 12.2. The van der Waals surface area contributed by atoms with Gasteiger partial charge in [0.2, 0.25) is 11.8 Å². The van der Waals surface area contributed by atoms with E-state index in [0.717, 1.165) is 12.8 Å². The first kappa shape index (κ1) is 19.7. The molecule has 138 valence electrons. The Bertz CT molecular complexity index is 553. The lowest BCUT2D eigenvalue weighted by Crippen LogP contribution is -2.46. The van der Waals surface area contributed by atoms with Gasteiger partial charge in [0.25, 0.3) is 0 Å². The molecule has 25 heavy (non-hydrogen) atoms. The molecule has 6 heteroatoms. The zero-order valence-electron chi connectivity index (χ0n) is 14.5. The Morgan fingerprint density at radius 2 is 1.84 bits per heavy atom. The Kier molecular flexibility index (Phi) is 7.72. The van der Waals surface area contributed by atoms with Crippen molar-refractivity contribution in [3.05, 3.63) is 35.9 Å². The normalized spacial score (nSPS) is 24.7. The molecule has 0 radical (unpaired) electrons. The number of hydrogen-bond donors (Lipinski definition) is 3. The Hall–Kier alpha value is -1.59. The molecule has 0 spiro atoms. The minimum Gasteiger partial charge on any atom is -0.354 e. The second-order valence-electron chi connectivity index (χ2n) is 6.91. The van der Waals surface area contributed by atoms with Crippen LogP contribution in [0.1, 0.15) is 37.7 Å². The molecular weight excluding hydrogens is 338 g/mol. The van der Waals surface area contributed by atoms with E-state index in [1.807, 2.05) is 30.3 Å². The molecule has 3 rings (SSSR count). The summed E-state index contributed by atoms with van der Waals surface area (Å²) in [6, 6.07) is 10.4. The first-order valence-corrected chi connectivity index (χ1v) is 9.07. The minimum atomic E-state index is -0.130. The van der Waals surface area contributed by atoms with Gasteiger partial charge < -0.3 is 16.0 Å². The van der Waals surface area contributed by atoms with Gasteiger partial charge in [0.05, 0.1) is 12.6 Å². The van der Waals surface area contributed by atoms with Gasteiger partial charge in [-0.3, -0.25) is 9.59 Å². The Labute approximate surface area is 155 Å². The van der Waals surface area contributed by atoms with E-state index >= 15 is 0 Å². The van der Waals surface area contributed by atoms with Crippen molar-refractivity contribution in [3.63, 3.8) is 0 Å². The summed E-state index contributed by atoms with van der Waals surface area (Å²) < 4.78 is 0. The Balaban J connectivity index is 0.00000225. The predicted octanol–water partition coefficient (Wildman–Crippen LogP) is 1.80. The monoisotopic (exact) mass is 365 g/mol. The summed E-state index contributed by atoms with van der Waals surface area (Å²) in [6.07, 6.45) is 6.64. The molecule has 3 atom stereocenters. The maximum Gasteiger partial charge on any atom is 0.239 e. The summed E-state index contributed by atoms with van der Waals surface area (Å²) >= 11 is 0. The molecule has 1 aromatic carbocycles. The highest BCUT2D eigenvalue weighted by Crippen LogP contribution is 2.33. The maximum absolute atomic E-state index is 12.2. The number of halogens is 1. The molecule has 0 aromatic heterocycles. The first-order valence-electron chi connectivity index (χ1n) is 9.07. The highest BCUT2D eigenvalue weighted by atomic mass is 35.5. The van der Waals surface area contributed by atoms with Crippen molar-refractivity contribution in [2.45, 2.75) is 50.6 Å². The Morgan fingerprint density at radius 3 is 2.60 bits per heavy atom. The van der Waals surface area contributed by atoms with Gasteiger partial charge in [-0.05, 0) is 37.2 Å². The van der Waals surface area contributed by atoms with Crippen LogP contribution in [0.15, 0.2) is 30.3 Å². The summed E-state index contributed by atoms with van der Waals surface area (Å²) in [4.78, 5) is 24.1. The van der Waals surface area contributed by atoms with Crippen molar-refractivity contribution in [2.75, 3.05) is 13.1 Å². The summed E-state index contributed by atoms with van der Waals surface area (Å²) in [7, 11) is 0. The summed E-state index contributed by atoms with van der Waals surface area (Å²) in [5.74, 6) is 0.464. The largest absolute Gasteiger partial charge is 0.354 e. The molecular formula is C19H28ClN3O2. The number of fused-ring (bicyclic) bond motifs is 1. The zero-order chi connectivity index (χ0) is 16.8. The fraction of sp³-hybridized carbons (Fsp3) is 0.579. The highest BCUT2D eigenvalue weighted by Gasteiger charge is 2.38. The van der Waals surface area contributed by atoms with Gasteiger partial charge >= 0.3 is 0 Å². The van der Waals surface area contributed by atoms with E-state index in [9.17, 15) is 9.59 Å². The molecule has 3 N–H and O–H groups in total. The molecule has 1 aliphatic heterocycles. The molecule has 1 saturated heterocycles. The van der Waals surface area contributed by atoms with Gasteiger partial charge in [-0.25, -0.2) is 0 Å². The van der Waals surface area contributed by atoms with Crippen LogP contribution in [0.4, 0.5) is 0 Å². The topological polar surface area (TPSA) is 70.2 Å². The second kappa shape index (κ2) is 9.78. The first-order chi connectivity index (χ1) is 11.7. The third-order valence-corrected chi connectivity index (χ3v) is 5.18. The smallest absolute Gasteiger partial charge is 0.239 e. The van der Waals surface area contributed by atoms with Crippen molar-refractivity contribution in [1.29, 1.82) is 0 Å². The molecule has 0 bridgehead atoms. The van der Waals surface area contributed by atoms with Crippen molar-refractivity contribution in [3.8, 4) is 0 Å². The SMILES string of the molecule is Cl.O=C(CNC(=O)C1CC2CCCCC2N1)NCCc1ccccc1. The van der Waals surface area contributed by atoms with Crippen molar-refractivity contribution < 1.29 is 9.59 Å². The number of nitrogens with one attached hydrogen (secondary N) is 3. The highest BCUT2D eigenvalue weighted by molar-refractivity contribution is 5.87. The third-order valence-electron chi connectivity index (χ3n) is 5.18. The fourth-order valence-corrected chi connectivity index (χ4v) is 3.87. The summed E-state index contributed by atoms with van der Waals surface area (Å²) in [6.45, 7) is 0.645. The van der Waals surface area contributed by atoms with E-state index < -0.39 is 0 Å². The molecule has 5 nitrogen and oxygen atoms in total. The van der Waals surface area contributed by atoms with Crippen molar-refractivity contribution >= 4 is 24.2 Å². The van der Waals surface area contributed by atoms with Crippen LogP contribution in [0.25, 0.3) is 0 Å². The van der Waals surface area contributed by atoms with E-state index in [1.54, 1.807) is 0 Å². The molecule has 1 heterocycles. The lowest BCUT2D eigenvalue weighted by Gasteiger charge is -2.24. The molecule has 2 aliphatic rings. The van der Waals surface area contributed by atoms with Gasteiger partial charge in [0, 0.05) is 12.6 Å². The molecule has 1 aromatic rings. The lowest BCUT2D eigenvalue weighted by molar-refractivity contribution is -0.127.